The van der Waals surface area contributed by atoms with Crippen molar-refractivity contribution in [2.75, 3.05) is 19.7 Å². The highest BCUT2D eigenvalue weighted by atomic mass is 16.5. The van der Waals surface area contributed by atoms with Gasteiger partial charge in [-0.05, 0) is 26.0 Å². The Labute approximate surface area is 124 Å². The van der Waals surface area contributed by atoms with Gasteiger partial charge in [0, 0.05) is 35.6 Å². The monoisotopic (exact) mass is 284 g/mol. The molecule has 0 fully saturated rings. The van der Waals surface area contributed by atoms with Gasteiger partial charge in [0.2, 0.25) is 0 Å². The van der Waals surface area contributed by atoms with Crippen molar-refractivity contribution in [3.05, 3.63) is 52.8 Å². The van der Waals surface area contributed by atoms with E-state index in [9.17, 15) is 4.79 Å². The minimum absolute atomic E-state index is 0.163. The third-order valence-corrected chi connectivity index (χ3v) is 3.85. The van der Waals surface area contributed by atoms with E-state index in [0.717, 1.165) is 41.4 Å². The quantitative estimate of drug-likeness (QED) is 0.881. The summed E-state index contributed by atoms with van der Waals surface area (Å²) in [5.74, 6) is 1.09. The molecule has 4 heteroatoms. The van der Waals surface area contributed by atoms with E-state index in [1.807, 2.05) is 38.1 Å². The van der Waals surface area contributed by atoms with Gasteiger partial charge in [0.15, 0.2) is 5.78 Å². The molecule has 110 valence electrons. The van der Waals surface area contributed by atoms with Gasteiger partial charge in [0.05, 0.1) is 6.54 Å². The fraction of sp³-hybridized carbons (Fsp3) is 0.353. The van der Waals surface area contributed by atoms with Crippen LogP contribution in [0.4, 0.5) is 0 Å². The van der Waals surface area contributed by atoms with Gasteiger partial charge in [-0.25, -0.2) is 0 Å². The summed E-state index contributed by atoms with van der Waals surface area (Å²) in [5, 5.41) is 0. The number of rotatable bonds is 3. The Morgan fingerprint density at radius 3 is 2.90 bits per heavy atom. The van der Waals surface area contributed by atoms with Crippen molar-refractivity contribution in [1.29, 1.82) is 0 Å². The van der Waals surface area contributed by atoms with Gasteiger partial charge in [0.1, 0.15) is 12.4 Å². The molecule has 0 spiro atoms. The molecule has 3 rings (SSSR count). The number of ether oxygens (including phenoxy) is 1. The van der Waals surface area contributed by atoms with Crippen LogP contribution in [0.2, 0.25) is 0 Å². The van der Waals surface area contributed by atoms with Crippen molar-refractivity contribution < 1.29 is 9.53 Å². The Kier molecular flexibility index (Phi) is 3.80. The van der Waals surface area contributed by atoms with Crippen molar-refractivity contribution >= 4 is 5.78 Å². The topological polar surface area (TPSA) is 45.3 Å². The number of nitrogens with zero attached hydrogens (tertiary/aromatic N) is 1. The highest BCUT2D eigenvalue weighted by Gasteiger charge is 2.19. The molecule has 0 aliphatic carbocycles. The standard InChI is InChI=1S/C17H20N2O2/c1-12-9-15(13(2)18-12)16(20)11-19-7-8-21-17-6-4-3-5-14(17)10-19/h3-6,9,18H,7-8,10-11H2,1-2H3. The number of hydrogen-bond donors (Lipinski definition) is 1. The summed E-state index contributed by atoms with van der Waals surface area (Å²) in [6.07, 6.45) is 0. The van der Waals surface area contributed by atoms with Crippen molar-refractivity contribution in [2.45, 2.75) is 20.4 Å². The fourth-order valence-corrected chi connectivity index (χ4v) is 2.82. The molecule has 1 aromatic carbocycles. The zero-order valence-electron chi connectivity index (χ0n) is 12.5. The van der Waals surface area contributed by atoms with Crippen LogP contribution in [0.25, 0.3) is 0 Å². The first kappa shape index (κ1) is 13.9. The number of benzene rings is 1. The Balaban J connectivity index is 1.73. The van der Waals surface area contributed by atoms with Crippen LogP contribution in [0.3, 0.4) is 0 Å². The number of ketones is 1. The molecule has 21 heavy (non-hydrogen) atoms. The number of para-hydroxylation sites is 1. The molecule has 2 heterocycles. The average Bonchev–Trinajstić information content (AvgIpc) is 2.68. The summed E-state index contributed by atoms with van der Waals surface area (Å²) in [6, 6.07) is 9.96. The molecule has 1 N–H and O–H groups in total. The lowest BCUT2D eigenvalue weighted by Gasteiger charge is -2.18. The number of nitrogens with one attached hydrogen (secondary N) is 1. The van der Waals surface area contributed by atoms with Gasteiger partial charge < -0.3 is 9.72 Å². The number of aromatic nitrogens is 1. The summed E-state index contributed by atoms with van der Waals surface area (Å²) in [4.78, 5) is 17.8. The zero-order chi connectivity index (χ0) is 14.8. The molecule has 0 unspecified atom stereocenters. The van der Waals surface area contributed by atoms with Crippen molar-refractivity contribution in [2.24, 2.45) is 0 Å². The van der Waals surface area contributed by atoms with Crippen LogP contribution in [0.15, 0.2) is 30.3 Å². The largest absolute Gasteiger partial charge is 0.492 e. The molecule has 0 saturated carbocycles. The molecule has 4 nitrogen and oxygen atoms in total. The third-order valence-electron chi connectivity index (χ3n) is 3.85. The lowest BCUT2D eigenvalue weighted by molar-refractivity contribution is 0.0920. The second-order valence-electron chi connectivity index (χ2n) is 5.58. The second kappa shape index (κ2) is 5.74. The highest BCUT2D eigenvalue weighted by molar-refractivity contribution is 5.98. The van der Waals surface area contributed by atoms with E-state index >= 15 is 0 Å². The summed E-state index contributed by atoms with van der Waals surface area (Å²) in [6.45, 7) is 6.49. The van der Waals surface area contributed by atoms with E-state index in [1.54, 1.807) is 0 Å². The fourth-order valence-electron chi connectivity index (χ4n) is 2.82. The molecule has 2 aromatic rings. The number of carbonyl (C=O) groups is 1. The van der Waals surface area contributed by atoms with E-state index in [1.165, 1.54) is 0 Å². The molecule has 1 aliphatic heterocycles. The van der Waals surface area contributed by atoms with Crippen LogP contribution >= 0.6 is 0 Å². The number of hydrogen-bond acceptors (Lipinski definition) is 3. The number of H-pyrrole nitrogens is 1. The molecule has 0 saturated heterocycles. The van der Waals surface area contributed by atoms with Crippen LogP contribution < -0.4 is 4.74 Å². The number of carbonyl (C=O) groups excluding carboxylic acids is 1. The Bertz CT molecular complexity index is 661. The highest BCUT2D eigenvalue weighted by Crippen LogP contribution is 2.22. The molecule has 0 radical (unpaired) electrons. The second-order valence-corrected chi connectivity index (χ2v) is 5.58. The van der Waals surface area contributed by atoms with Gasteiger partial charge in [0.25, 0.3) is 0 Å². The SMILES string of the molecule is Cc1cc(C(=O)CN2CCOc3ccccc3C2)c(C)[nH]1. The maximum atomic E-state index is 12.5. The third kappa shape index (κ3) is 3.00. The summed E-state index contributed by atoms with van der Waals surface area (Å²) in [7, 11) is 0. The van der Waals surface area contributed by atoms with E-state index < -0.39 is 0 Å². The van der Waals surface area contributed by atoms with Crippen molar-refractivity contribution in [3.63, 3.8) is 0 Å². The van der Waals surface area contributed by atoms with Crippen LogP contribution in [0, 0.1) is 13.8 Å². The van der Waals surface area contributed by atoms with E-state index in [0.29, 0.717) is 13.2 Å². The van der Waals surface area contributed by atoms with Crippen LogP contribution in [-0.2, 0) is 6.54 Å². The number of aromatic amines is 1. The minimum Gasteiger partial charge on any atom is -0.492 e. The van der Waals surface area contributed by atoms with Gasteiger partial charge in [-0.2, -0.15) is 0 Å². The lowest BCUT2D eigenvalue weighted by atomic mass is 10.1. The summed E-state index contributed by atoms with van der Waals surface area (Å²) < 4.78 is 5.73. The first-order chi connectivity index (χ1) is 10.1. The molecule has 1 aromatic heterocycles. The van der Waals surface area contributed by atoms with Crippen LogP contribution in [0.5, 0.6) is 5.75 Å². The predicted octanol–water partition coefficient (Wildman–Crippen LogP) is 2.71. The zero-order valence-corrected chi connectivity index (χ0v) is 12.5. The Hall–Kier alpha value is -2.07. The molecule has 0 bridgehead atoms. The lowest BCUT2D eigenvalue weighted by Crippen LogP contribution is -2.31. The first-order valence-corrected chi connectivity index (χ1v) is 7.26. The van der Waals surface area contributed by atoms with E-state index in [2.05, 4.69) is 16.0 Å². The van der Waals surface area contributed by atoms with Gasteiger partial charge in [-0.15, -0.1) is 0 Å². The summed E-state index contributed by atoms with van der Waals surface area (Å²) in [5.41, 5.74) is 3.92. The van der Waals surface area contributed by atoms with Gasteiger partial charge in [-0.3, -0.25) is 9.69 Å². The average molecular weight is 284 g/mol. The first-order valence-electron chi connectivity index (χ1n) is 7.26. The van der Waals surface area contributed by atoms with E-state index in [-0.39, 0.29) is 5.78 Å². The number of fused-ring (bicyclic) bond motifs is 1. The summed E-state index contributed by atoms with van der Waals surface area (Å²) >= 11 is 0. The molecule has 0 amide bonds. The molecule has 1 aliphatic rings. The van der Waals surface area contributed by atoms with Gasteiger partial charge >= 0.3 is 0 Å². The molecular formula is C17H20N2O2. The normalized spacial score (nSPS) is 15.1. The predicted molar refractivity (Wildman–Crippen MR) is 81.8 cm³/mol. The van der Waals surface area contributed by atoms with Crippen LogP contribution in [0.1, 0.15) is 27.3 Å². The Morgan fingerprint density at radius 1 is 1.33 bits per heavy atom. The van der Waals surface area contributed by atoms with Gasteiger partial charge in [-0.1, -0.05) is 18.2 Å². The maximum absolute atomic E-state index is 12.5. The maximum Gasteiger partial charge on any atom is 0.178 e. The smallest absolute Gasteiger partial charge is 0.178 e. The van der Waals surface area contributed by atoms with E-state index in [4.69, 9.17) is 4.74 Å². The van der Waals surface area contributed by atoms with Crippen molar-refractivity contribution in [3.8, 4) is 5.75 Å². The minimum atomic E-state index is 0.163. The van der Waals surface area contributed by atoms with Crippen molar-refractivity contribution in [1.82, 2.24) is 9.88 Å². The number of Topliss-reactive ketones (excluding diaryl/α,β-unsaturated/α-hetero) is 1. The molecule has 0 atom stereocenters. The molecular weight excluding hydrogens is 264 g/mol. The van der Waals surface area contributed by atoms with Crippen LogP contribution in [-0.4, -0.2) is 35.4 Å². The number of aryl methyl sites for hydroxylation is 2. The Morgan fingerprint density at radius 2 is 2.14 bits per heavy atom.